The summed E-state index contributed by atoms with van der Waals surface area (Å²) in [5.41, 5.74) is 0.754. The fourth-order valence-electron chi connectivity index (χ4n) is 1.08. The molecule has 0 fully saturated rings. The van der Waals surface area contributed by atoms with Crippen LogP contribution >= 0.6 is 0 Å². The molecule has 0 radical (unpaired) electrons. The Morgan fingerprint density at radius 1 is 1.31 bits per heavy atom. The van der Waals surface area contributed by atoms with E-state index in [1.54, 1.807) is 0 Å². The number of para-hydroxylation sites is 1. The Kier molecular flexibility index (Phi) is 4.83. The van der Waals surface area contributed by atoms with Crippen LogP contribution in [0.15, 0.2) is 30.3 Å². The molecule has 0 aliphatic carbocycles. The van der Waals surface area contributed by atoms with Gasteiger partial charge in [-0.05, 0) is 24.0 Å². The zero-order valence-electron chi connectivity index (χ0n) is 10.1. The maximum atomic E-state index is 11.4. The van der Waals surface area contributed by atoms with Crippen molar-refractivity contribution in [3.05, 3.63) is 30.3 Å². The number of carbonyl (C=O) groups excluding carboxylic acids is 1. The Balaban J connectivity index is 0.00000256. The van der Waals surface area contributed by atoms with E-state index >= 15 is 0 Å². The molecule has 1 atom stereocenters. The molecule has 3 nitrogen and oxygen atoms in total. The van der Waals surface area contributed by atoms with E-state index in [-0.39, 0.29) is 1.43 Å². The number of ether oxygens (including phenoxy) is 1. The molecule has 0 saturated carbocycles. The van der Waals surface area contributed by atoms with Crippen LogP contribution in [0.2, 0.25) is 0 Å². The van der Waals surface area contributed by atoms with Crippen LogP contribution in [-0.4, -0.2) is 12.7 Å². The van der Waals surface area contributed by atoms with Crippen LogP contribution in [0.1, 0.15) is 22.2 Å². The molecule has 0 bridgehead atoms. The zero-order chi connectivity index (χ0) is 12.0. The molecule has 1 aromatic carbocycles. The third kappa shape index (κ3) is 4.34. The van der Waals surface area contributed by atoms with E-state index in [0.717, 1.165) is 5.69 Å². The summed E-state index contributed by atoms with van der Waals surface area (Å²) in [5, 5.41) is 2.68. The van der Waals surface area contributed by atoms with Crippen molar-refractivity contribution >= 4 is 11.8 Å². The van der Waals surface area contributed by atoms with E-state index < -0.39 is 6.09 Å². The summed E-state index contributed by atoms with van der Waals surface area (Å²) in [7, 11) is 0. The van der Waals surface area contributed by atoms with Gasteiger partial charge in [-0.25, -0.2) is 4.79 Å². The Hall–Kier alpha value is -1.51. The maximum absolute atomic E-state index is 11.4. The van der Waals surface area contributed by atoms with Gasteiger partial charge in [0, 0.05) is 7.11 Å². The number of benzene rings is 1. The molecule has 0 heterocycles. The van der Waals surface area contributed by atoms with Gasteiger partial charge in [0.15, 0.2) is 0 Å². The standard InChI is InChI=1S/C13H19NO2.H2/c1-10(2)11(3)9-16-13(15)14-12-7-5-4-6-8-12;/h4-8,10-11H,9H2,1-3H3,(H,14,15);1H/t11-;/m0./s1. The highest BCUT2D eigenvalue weighted by Gasteiger charge is 2.10. The van der Waals surface area contributed by atoms with E-state index in [2.05, 4.69) is 26.1 Å². The van der Waals surface area contributed by atoms with Crippen LogP contribution in [-0.2, 0) is 4.74 Å². The Labute approximate surface area is 98.3 Å². The normalized spacial score (nSPS) is 12.2. The molecular formula is C13H21NO2. The minimum atomic E-state index is -0.390. The molecule has 0 unspecified atom stereocenters. The van der Waals surface area contributed by atoms with Crippen molar-refractivity contribution in [2.45, 2.75) is 20.8 Å². The highest BCUT2D eigenvalue weighted by atomic mass is 16.5. The van der Waals surface area contributed by atoms with Crippen molar-refractivity contribution in [3.8, 4) is 0 Å². The van der Waals surface area contributed by atoms with Gasteiger partial charge in [-0.15, -0.1) is 0 Å². The van der Waals surface area contributed by atoms with Crippen molar-refractivity contribution in [2.75, 3.05) is 11.9 Å². The van der Waals surface area contributed by atoms with Crippen molar-refractivity contribution in [1.82, 2.24) is 0 Å². The van der Waals surface area contributed by atoms with E-state index in [0.29, 0.717) is 18.4 Å². The van der Waals surface area contributed by atoms with Crippen LogP contribution < -0.4 is 5.32 Å². The molecule has 3 heteroatoms. The number of rotatable bonds is 4. The first-order valence-electron chi connectivity index (χ1n) is 5.58. The average molecular weight is 223 g/mol. The zero-order valence-corrected chi connectivity index (χ0v) is 10.1. The second kappa shape index (κ2) is 6.16. The summed E-state index contributed by atoms with van der Waals surface area (Å²) < 4.78 is 5.12. The van der Waals surface area contributed by atoms with Crippen molar-refractivity contribution in [2.24, 2.45) is 11.8 Å². The van der Waals surface area contributed by atoms with Crippen molar-refractivity contribution < 1.29 is 11.0 Å². The van der Waals surface area contributed by atoms with Gasteiger partial charge >= 0.3 is 6.09 Å². The summed E-state index contributed by atoms with van der Waals surface area (Å²) in [6, 6.07) is 9.29. The van der Waals surface area contributed by atoms with Crippen LogP contribution in [0, 0.1) is 11.8 Å². The Morgan fingerprint density at radius 2 is 1.94 bits per heavy atom. The first kappa shape index (κ1) is 12.6. The lowest BCUT2D eigenvalue weighted by molar-refractivity contribution is 0.133. The molecule has 0 aliphatic rings. The van der Waals surface area contributed by atoms with E-state index in [1.165, 1.54) is 0 Å². The molecule has 0 spiro atoms. The first-order valence-corrected chi connectivity index (χ1v) is 5.58. The third-order valence-corrected chi connectivity index (χ3v) is 2.64. The lowest BCUT2D eigenvalue weighted by Gasteiger charge is -2.15. The van der Waals surface area contributed by atoms with E-state index in [4.69, 9.17) is 4.74 Å². The predicted octanol–water partition coefficient (Wildman–Crippen LogP) is 3.77. The number of nitrogens with one attached hydrogen (secondary N) is 1. The first-order chi connectivity index (χ1) is 7.59. The second-order valence-corrected chi connectivity index (χ2v) is 4.31. The molecule has 16 heavy (non-hydrogen) atoms. The SMILES string of the molecule is CC(C)[C@@H](C)COC(=O)Nc1ccccc1.[HH]. The Morgan fingerprint density at radius 3 is 2.50 bits per heavy atom. The number of carbonyl (C=O) groups is 1. The summed E-state index contributed by atoms with van der Waals surface area (Å²) in [4.78, 5) is 11.4. The van der Waals surface area contributed by atoms with Gasteiger partial charge in [-0.1, -0.05) is 39.0 Å². The van der Waals surface area contributed by atoms with E-state index in [9.17, 15) is 4.79 Å². The van der Waals surface area contributed by atoms with E-state index in [1.807, 2.05) is 30.3 Å². The van der Waals surface area contributed by atoms with Crippen LogP contribution in [0.4, 0.5) is 10.5 Å². The van der Waals surface area contributed by atoms with Crippen LogP contribution in [0.5, 0.6) is 0 Å². The van der Waals surface area contributed by atoms with Crippen molar-refractivity contribution in [1.29, 1.82) is 0 Å². The van der Waals surface area contributed by atoms with Gasteiger partial charge in [0.05, 0.1) is 6.61 Å². The minimum absolute atomic E-state index is 0. The lowest BCUT2D eigenvalue weighted by atomic mass is 10.00. The summed E-state index contributed by atoms with van der Waals surface area (Å²) in [6.45, 7) is 6.75. The molecule has 1 amide bonds. The Bertz CT molecular complexity index is 327. The summed E-state index contributed by atoms with van der Waals surface area (Å²) in [6.07, 6.45) is -0.390. The molecule has 1 rings (SSSR count). The summed E-state index contributed by atoms with van der Waals surface area (Å²) in [5.74, 6) is 0.894. The summed E-state index contributed by atoms with van der Waals surface area (Å²) >= 11 is 0. The molecule has 0 saturated heterocycles. The highest BCUT2D eigenvalue weighted by molar-refractivity contribution is 5.84. The highest BCUT2D eigenvalue weighted by Crippen LogP contribution is 2.10. The number of anilines is 1. The van der Waals surface area contributed by atoms with Gasteiger partial charge in [0.2, 0.25) is 0 Å². The smallest absolute Gasteiger partial charge is 0.411 e. The largest absolute Gasteiger partial charge is 0.449 e. The minimum Gasteiger partial charge on any atom is -0.449 e. The van der Waals surface area contributed by atoms with Gasteiger partial charge < -0.3 is 4.74 Å². The molecule has 0 aliphatic heterocycles. The van der Waals surface area contributed by atoms with Gasteiger partial charge in [-0.2, -0.15) is 0 Å². The predicted molar refractivity (Wildman–Crippen MR) is 67.5 cm³/mol. The molecule has 1 N–H and O–H groups in total. The quantitative estimate of drug-likeness (QED) is 0.843. The lowest BCUT2D eigenvalue weighted by Crippen LogP contribution is -2.19. The molecular weight excluding hydrogens is 202 g/mol. The maximum Gasteiger partial charge on any atom is 0.411 e. The molecule has 0 aromatic heterocycles. The van der Waals surface area contributed by atoms with Gasteiger partial charge in [0.25, 0.3) is 0 Å². The van der Waals surface area contributed by atoms with Crippen molar-refractivity contribution in [3.63, 3.8) is 0 Å². The van der Waals surface area contributed by atoms with Crippen LogP contribution in [0.25, 0.3) is 0 Å². The molecule has 1 aromatic rings. The van der Waals surface area contributed by atoms with Crippen LogP contribution in [0.3, 0.4) is 0 Å². The fourth-order valence-corrected chi connectivity index (χ4v) is 1.08. The van der Waals surface area contributed by atoms with Gasteiger partial charge in [-0.3, -0.25) is 5.32 Å². The molecule has 90 valence electrons. The number of hydrogen-bond donors (Lipinski definition) is 1. The second-order valence-electron chi connectivity index (χ2n) is 4.31. The number of hydrogen-bond acceptors (Lipinski definition) is 2. The fraction of sp³-hybridized carbons (Fsp3) is 0.462. The number of amides is 1. The monoisotopic (exact) mass is 223 g/mol. The van der Waals surface area contributed by atoms with Gasteiger partial charge in [0.1, 0.15) is 0 Å². The topological polar surface area (TPSA) is 38.3 Å². The average Bonchev–Trinajstić information content (AvgIpc) is 2.27. The third-order valence-electron chi connectivity index (χ3n) is 2.64.